The second-order valence-corrected chi connectivity index (χ2v) is 4.95. The van der Waals surface area contributed by atoms with Crippen LogP contribution < -0.4 is 10.1 Å². The van der Waals surface area contributed by atoms with Crippen LogP contribution in [0.25, 0.3) is 10.8 Å². The Kier molecular flexibility index (Phi) is 5.49. The highest BCUT2D eigenvalue weighted by Crippen LogP contribution is 2.31. The minimum Gasteiger partial charge on any atom is -0.493 e. The molecule has 0 unspecified atom stereocenters. The molecule has 1 N–H and O–H groups in total. The van der Waals surface area contributed by atoms with Crippen LogP contribution in [0.4, 0.5) is 0 Å². The predicted octanol–water partition coefficient (Wildman–Crippen LogP) is 4.26. The summed E-state index contributed by atoms with van der Waals surface area (Å²) >= 11 is 6.18. The van der Waals surface area contributed by atoms with Gasteiger partial charge in [0.05, 0.1) is 6.61 Å². The molecule has 0 bridgehead atoms. The van der Waals surface area contributed by atoms with Gasteiger partial charge in [-0.05, 0) is 38.1 Å². The fourth-order valence-corrected chi connectivity index (χ4v) is 2.27. The first-order chi connectivity index (χ1) is 9.33. The van der Waals surface area contributed by atoms with Gasteiger partial charge >= 0.3 is 0 Å². The van der Waals surface area contributed by atoms with Crippen LogP contribution in [-0.4, -0.2) is 19.7 Å². The first-order valence-electron chi connectivity index (χ1n) is 6.83. The SMILES string of the molecule is CCCNCCCOc1ccc(Cl)c2ccccc12. The van der Waals surface area contributed by atoms with E-state index in [1.165, 1.54) is 6.42 Å². The normalized spacial score (nSPS) is 10.8. The highest BCUT2D eigenvalue weighted by molar-refractivity contribution is 6.35. The number of hydrogen-bond acceptors (Lipinski definition) is 2. The van der Waals surface area contributed by atoms with Crippen molar-refractivity contribution in [2.24, 2.45) is 0 Å². The van der Waals surface area contributed by atoms with E-state index in [2.05, 4.69) is 12.2 Å². The van der Waals surface area contributed by atoms with Gasteiger partial charge in [-0.25, -0.2) is 0 Å². The molecule has 0 saturated heterocycles. The summed E-state index contributed by atoms with van der Waals surface area (Å²) in [5.41, 5.74) is 0. The van der Waals surface area contributed by atoms with Crippen molar-refractivity contribution in [2.45, 2.75) is 19.8 Å². The van der Waals surface area contributed by atoms with Gasteiger partial charge in [-0.15, -0.1) is 0 Å². The van der Waals surface area contributed by atoms with Crippen molar-refractivity contribution >= 4 is 22.4 Å². The summed E-state index contributed by atoms with van der Waals surface area (Å²) in [6.07, 6.45) is 2.18. The predicted molar refractivity (Wildman–Crippen MR) is 82.2 cm³/mol. The topological polar surface area (TPSA) is 21.3 Å². The zero-order valence-corrected chi connectivity index (χ0v) is 12.0. The van der Waals surface area contributed by atoms with E-state index >= 15 is 0 Å². The van der Waals surface area contributed by atoms with Crippen molar-refractivity contribution in [3.8, 4) is 5.75 Å². The molecule has 0 aliphatic heterocycles. The van der Waals surface area contributed by atoms with E-state index in [1.54, 1.807) is 0 Å². The van der Waals surface area contributed by atoms with Gasteiger partial charge in [-0.2, -0.15) is 0 Å². The number of rotatable bonds is 7. The summed E-state index contributed by atoms with van der Waals surface area (Å²) in [4.78, 5) is 0. The standard InChI is InChI=1S/C16H20ClNO/c1-2-10-18-11-5-12-19-16-9-8-15(17)13-6-3-4-7-14(13)16/h3-4,6-9,18H,2,5,10-12H2,1H3. The molecule has 2 nitrogen and oxygen atoms in total. The Bertz CT molecular complexity index is 527. The number of hydrogen-bond donors (Lipinski definition) is 1. The summed E-state index contributed by atoms with van der Waals surface area (Å²) in [6, 6.07) is 11.9. The Morgan fingerprint density at radius 3 is 2.63 bits per heavy atom. The second-order valence-electron chi connectivity index (χ2n) is 4.54. The molecule has 2 aromatic carbocycles. The molecule has 102 valence electrons. The van der Waals surface area contributed by atoms with E-state index in [9.17, 15) is 0 Å². The van der Waals surface area contributed by atoms with Crippen LogP contribution in [0.1, 0.15) is 19.8 Å². The number of halogens is 1. The highest BCUT2D eigenvalue weighted by atomic mass is 35.5. The number of fused-ring (bicyclic) bond motifs is 1. The van der Waals surface area contributed by atoms with Crippen LogP contribution in [0, 0.1) is 0 Å². The molecule has 0 heterocycles. The molecule has 2 aromatic rings. The van der Waals surface area contributed by atoms with Gasteiger partial charge in [-0.3, -0.25) is 0 Å². The van der Waals surface area contributed by atoms with Crippen LogP contribution >= 0.6 is 11.6 Å². The molecule has 0 radical (unpaired) electrons. The molecule has 0 spiro atoms. The number of ether oxygens (including phenoxy) is 1. The van der Waals surface area contributed by atoms with E-state index in [0.29, 0.717) is 0 Å². The van der Waals surface area contributed by atoms with Crippen LogP contribution in [0.5, 0.6) is 5.75 Å². The van der Waals surface area contributed by atoms with Crippen LogP contribution in [0.15, 0.2) is 36.4 Å². The van der Waals surface area contributed by atoms with E-state index in [4.69, 9.17) is 16.3 Å². The zero-order chi connectivity index (χ0) is 13.5. The average Bonchev–Trinajstić information content (AvgIpc) is 2.45. The third kappa shape index (κ3) is 3.85. The quantitative estimate of drug-likeness (QED) is 0.764. The average molecular weight is 278 g/mol. The Morgan fingerprint density at radius 1 is 1.05 bits per heavy atom. The largest absolute Gasteiger partial charge is 0.493 e. The summed E-state index contributed by atoms with van der Waals surface area (Å²) in [5, 5.41) is 6.26. The maximum atomic E-state index is 6.18. The van der Waals surface area contributed by atoms with E-state index < -0.39 is 0 Å². The van der Waals surface area contributed by atoms with Gasteiger partial charge < -0.3 is 10.1 Å². The Balaban J connectivity index is 1.96. The molecular formula is C16H20ClNO. The molecule has 0 aromatic heterocycles. The monoisotopic (exact) mass is 277 g/mol. The lowest BCUT2D eigenvalue weighted by Crippen LogP contribution is -2.18. The molecule has 0 saturated carbocycles. The van der Waals surface area contributed by atoms with Crippen molar-refractivity contribution < 1.29 is 4.74 Å². The maximum absolute atomic E-state index is 6.18. The zero-order valence-electron chi connectivity index (χ0n) is 11.3. The Hall–Kier alpha value is -1.25. The van der Waals surface area contributed by atoms with Crippen molar-refractivity contribution in [1.29, 1.82) is 0 Å². The Labute approximate surface area is 119 Å². The molecule has 2 rings (SSSR count). The van der Waals surface area contributed by atoms with Crippen LogP contribution in [0.3, 0.4) is 0 Å². The van der Waals surface area contributed by atoms with E-state index in [0.717, 1.165) is 47.7 Å². The van der Waals surface area contributed by atoms with Gasteiger partial charge in [0.15, 0.2) is 0 Å². The number of nitrogens with one attached hydrogen (secondary N) is 1. The summed E-state index contributed by atoms with van der Waals surface area (Å²) in [7, 11) is 0. The summed E-state index contributed by atoms with van der Waals surface area (Å²) in [6.45, 7) is 4.97. The van der Waals surface area contributed by atoms with Gasteiger partial charge in [0.1, 0.15) is 5.75 Å². The molecule has 0 fully saturated rings. The molecular weight excluding hydrogens is 258 g/mol. The second kappa shape index (κ2) is 7.37. The van der Waals surface area contributed by atoms with Crippen LogP contribution in [-0.2, 0) is 0 Å². The molecule has 0 amide bonds. The summed E-state index contributed by atoms with van der Waals surface area (Å²) in [5.74, 6) is 0.912. The van der Waals surface area contributed by atoms with Gasteiger partial charge in [0.2, 0.25) is 0 Å². The molecule has 0 aliphatic rings. The smallest absolute Gasteiger partial charge is 0.127 e. The third-order valence-electron chi connectivity index (χ3n) is 3.01. The number of benzene rings is 2. The van der Waals surface area contributed by atoms with Crippen molar-refractivity contribution in [2.75, 3.05) is 19.7 Å². The lowest BCUT2D eigenvalue weighted by atomic mass is 10.1. The minimum atomic E-state index is 0.725. The highest BCUT2D eigenvalue weighted by Gasteiger charge is 2.04. The fourth-order valence-electron chi connectivity index (χ4n) is 2.04. The molecule has 0 aliphatic carbocycles. The third-order valence-corrected chi connectivity index (χ3v) is 3.34. The minimum absolute atomic E-state index is 0.725. The van der Waals surface area contributed by atoms with E-state index in [-0.39, 0.29) is 0 Å². The lowest BCUT2D eigenvalue weighted by molar-refractivity contribution is 0.312. The first-order valence-corrected chi connectivity index (χ1v) is 7.21. The lowest BCUT2D eigenvalue weighted by Gasteiger charge is -2.10. The molecule has 19 heavy (non-hydrogen) atoms. The fraction of sp³-hybridized carbons (Fsp3) is 0.375. The van der Waals surface area contributed by atoms with Gasteiger partial charge in [0, 0.05) is 15.8 Å². The molecule has 0 atom stereocenters. The molecule has 3 heteroatoms. The van der Waals surface area contributed by atoms with Gasteiger partial charge in [0.25, 0.3) is 0 Å². The van der Waals surface area contributed by atoms with Gasteiger partial charge in [-0.1, -0.05) is 42.8 Å². The van der Waals surface area contributed by atoms with Crippen LogP contribution in [0.2, 0.25) is 5.02 Å². The van der Waals surface area contributed by atoms with E-state index in [1.807, 2.05) is 36.4 Å². The van der Waals surface area contributed by atoms with Crippen molar-refractivity contribution in [3.63, 3.8) is 0 Å². The first kappa shape index (κ1) is 14.2. The van der Waals surface area contributed by atoms with Crippen molar-refractivity contribution in [1.82, 2.24) is 5.32 Å². The Morgan fingerprint density at radius 2 is 1.84 bits per heavy atom. The van der Waals surface area contributed by atoms with Crippen molar-refractivity contribution in [3.05, 3.63) is 41.4 Å². The maximum Gasteiger partial charge on any atom is 0.127 e. The summed E-state index contributed by atoms with van der Waals surface area (Å²) < 4.78 is 5.86.